The molecule has 7 rings (SSSR count). The summed E-state index contributed by atoms with van der Waals surface area (Å²) in [6.07, 6.45) is 5.04. The average molecular weight is 481 g/mol. The predicted molar refractivity (Wildman–Crippen MR) is 135 cm³/mol. The minimum atomic E-state index is -0.0209. The van der Waals surface area contributed by atoms with Gasteiger partial charge in [-0.2, -0.15) is 10.4 Å². The monoisotopic (exact) mass is 480 g/mol. The fraction of sp³-hybridized carbons (Fsp3) is 0.407. The third-order valence-corrected chi connectivity index (χ3v) is 7.95. The Kier molecular flexibility index (Phi) is 4.88. The molecule has 3 aliphatic rings. The molecule has 4 aromatic rings. The second kappa shape index (κ2) is 8.15. The van der Waals surface area contributed by atoms with Crippen LogP contribution in [0, 0.1) is 23.7 Å². The fourth-order valence-electron chi connectivity index (χ4n) is 5.87. The first-order valence-electron chi connectivity index (χ1n) is 12.7. The number of benzene rings is 1. The smallest absolute Gasteiger partial charge is 0.163 e. The molecule has 9 heteroatoms. The number of imidazole rings is 1. The summed E-state index contributed by atoms with van der Waals surface area (Å²) in [5.41, 5.74) is 5.88. The zero-order valence-electron chi connectivity index (χ0n) is 20.3. The summed E-state index contributed by atoms with van der Waals surface area (Å²) >= 11 is 0. The van der Waals surface area contributed by atoms with E-state index < -0.39 is 0 Å². The second-order valence-electron chi connectivity index (χ2n) is 10.3. The standard InChI is InChI=1S/C27H28N8O/c1-18-11-19(13-28)32-35(18)26-21(24-3-2-10-36-24)5-7-25(31-26)34-17-30-22-12-20(4-6-23(22)34)33-9-8-27(16-33)14-29-15-27/h4-7,11-12,17,24,29H,2-3,8-10,14-16H2,1H3. The molecule has 1 atom stereocenters. The number of hydrogen-bond acceptors (Lipinski definition) is 7. The van der Waals surface area contributed by atoms with Gasteiger partial charge in [0.25, 0.3) is 0 Å². The average Bonchev–Trinajstić information content (AvgIpc) is 3.68. The van der Waals surface area contributed by atoms with Crippen molar-refractivity contribution < 1.29 is 4.74 Å². The highest BCUT2D eigenvalue weighted by molar-refractivity contribution is 5.81. The summed E-state index contributed by atoms with van der Waals surface area (Å²) in [6.45, 7) is 7.14. The van der Waals surface area contributed by atoms with Gasteiger partial charge in [-0.3, -0.25) is 4.57 Å². The van der Waals surface area contributed by atoms with E-state index in [1.807, 2.05) is 23.9 Å². The van der Waals surface area contributed by atoms with Gasteiger partial charge in [0, 0.05) is 55.1 Å². The first-order chi connectivity index (χ1) is 17.6. The number of fused-ring (bicyclic) bond motifs is 1. The molecular formula is C27H28N8O. The van der Waals surface area contributed by atoms with Crippen molar-refractivity contribution in [1.29, 1.82) is 5.26 Å². The van der Waals surface area contributed by atoms with Gasteiger partial charge in [0.1, 0.15) is 18.2 Å². The Balaban J connectivity index is 1.27. The maximum Gasteiger partial charge on any atom is 0.163 e. The molecule has 3 aromatic heterocycles. The quantitative estimate of drug-likeness (QED) is 0.478. The van der Waals surface area contributed by atoms with Crippen molar-refractivity contribution in [3.63, 3.8) is 0 Å². The molecule has 6 heterocycles. The molecule has 0 amide bonds. The highest BCUT2D eigenvalue weighted by Gasteiger charge is 2.43. The second-order valence-corrected chi connectivity index (χ2v) is 10.3. The highest BCUT2D eigenvalue weighted by atomic mass is 16.5. The van der Waals surface area contributed by atoms with Crippen molar-refractivity contribution in [2.24, 2.45) is 5.41 Å². The van der Waals surface area contributed by atoms with Gasteiger partial charge in [-0.1, -0.05) is 0 Å². The van der Waals surface area contributed by atoms with Crippen LogP contribution in [0.1, 0.15) is 42.3 Å². The summed E-state index contributed by atoms with van der Waals surface area (Å²) in [6, 6.07) is 14.6. The van der Waals surface area contributed by atoms with Crippen molar-refractivity contribution in [3.05, 3.63) is 59.7 Å². The van der Waals surface area contributed by atoms with Crippen molar-refractivity contribution >= 4 is 16.7 Å². The first kappa shape index (κ1) is 21.5. The van der Waals surface area contributed by atoms with Crippen molar-refractivity contribution in [1.82, 2.24) is 29.6 Å². The van der Waals surface area contributed by atoms with E-state index in [1.54, 1.807) is 10.7 Å². The van der Waals surface area contributed by atoms with Crippen LogP contribution in [0.3, 0.4) is 0 Å². The number of nitrogens with one attached hydrogen (secondary N) is 1. The lowest BCUT2D eigenvalue weighted by Crippen LogP contribution is -2.54. The van der Waals surface area contributed by atoms with Gasteiger partial charge in [-0.25, -0.2) is 14.6 Å². The molecule has 3 saturated heterocycles. The van der Waals surface area contributed by atoms with Gasteiger partial charge in [-0.15, -0.1) is 0 Å². The Morgan fingerprint density at radius 3 is 2.83 bits per heavy atom. The van der Waals surface area contributed by atoms with Gasteiger partial charge in [0.2, 0.25) is 0 Å². The topological polar surface area (TPSA) is 96.8 Å². The third kappa shape index (κ3) is 3.40. The van der Waals surface area contributed by atoms with Crippen LogP contribution in [0.2, 0.25) is 0 Å². The predicted octanol–water partition coefficient (Wildman–Crippen LogP) is 3.44. The lowest BCUT2D eigenvalue weighted by Gasteiger charge is -2.39. The summed E-state index contributed by atoms with van der Waals surface area (Å²) < 4.78 is 9.77. The van der Waals surface area contributed by atoms with Gasteiger partial charge in [0.15, 0.2) is 11.5 Å². The Labute approximate surface area is 209 Å². The fourth-order valence-corrected chi connectivity index (χ4v) is 5.87. The third-order valence-electron chi connectivity index (χ3n) is 7.95. The molecule has 3 fully saturated rings. The zero-order chi connectivity index (χ0) is 24.3. The Hall–Kier alpha value is -3.74. The zero-order valence-corrected chi connectivity index (χ0v) is 20.3. The van der Waals surface area contributed by atoms with Crippen LogP contribution in [0.25, 0.3) is 22.7 Å². The van der Waals surface area contributed by atoms with Crippen molar-refractivity contribution in [2.75, 3.05) is 37.7 Å². The molecule has 9 nitrogen and oxygen atoms in total. The van der Waals surface area contributed by atoms with Crippen LogP contribution in [0.5, 0.6) is 0 Å². The normalized spacial score (nSPS) is 20.8. The van der Waals surface area contributed by atoms with Gasteiger partial charge >= 0.3 is 0 Å². The maximum absolute atomic E-state index is 9.38. The molecule has 0 bridgehead atoms. The number of pyridine rings is 1. The maximum atomic E-state index is 9.38. The molecule has 0 saturated carbocycles. The van der Waals surface area contributed by atoms with E-state index in [1.165, 1.54) is 12.1 Å². The molecule has 1 aromatic carbocycles. The number of rotatable bonds is 4. The number of anilines is 1. The Bertz CT molecular complexity index is 1500. The van der Waals surface area contributed by atoms with Crippen molar-refractivity contribution in [3.8, 4) is 17.7 Å². The molecule has 0 radical (unpaired) electrons. The minimum Gasteiger partial charge on any atom is -0.373 e. The molecule has 182 valence electrons. The van der Waals surface area contributed by atoms with Gasteiger partial charge in [0.05, 0.1) is 17.1 Å². The lowest BCUT2D eigenvalue weighted by molar-refractivity contribution is 0.111. The number of ether oxygens (including phenoxy) is 1. The van der Waals surface area contributed by atoms with E-state index >= 15 is 0 Å². The summed E-state index contributed by atoms with van der Waals surface area (Å²) in [5, 5.41) is 17.3. The van der Waals surface area contributed by atoms with E-state index in [4.69, 9.17) is 14.7 Å². The number of nitrogens with zero attached hydrogens (tertiary/aromatic N) is 7. The molecule has 0 aliphatic carbocycles. The van der Waals surface area contributed by atoms with Crippen LogP contribution in [-0.2, 0) is 4.74 Å². The largest absolute Gasteiger partial charge is 0.373 e. The lowest BCUT2D eigenvalue weighted by atomic mass is 9.81. The van der Waals surface area contributed by atoms with Gasteiger partial charge < -0.3 is 15.0 Å². The summed E-state index contributed by atoms with van der Waals surface area (Å²) in [4.78, 5) is 12.3. The highest BCUT2D eigenvalue weighted by Crippen LogP contribution is 2.37. The minimum absolute atomic E-state index is 0.0209. The summed E-state index contributed by atoms with van der Waals surface area (Å²) in [7, 11) is 0. The Morgan fingerprint density at radius 2 is 2.11 bits per heavy atom. The van der Waals surface area contributed by atoms with Crippen LogP contribution in [0.4, 0.5) is 5.69 Å². The van der Waals surface area contributed by atoms with Crippen LogP contribution in [0.15, 0.2) is 42.7 Å². The van der Waals surface area contributed by atoms with E-state index in [2.05, 4.69) is 45.7 Å². The molecule has 36 heavy (non-hydrogen) atoms. The molecule has 3 aliphatic heterocycles. The summed E-state index contributed by atoms with van der Waals surface area (Å²) in [5.74, 6) is 1.46. The van der Waals surface area contributed by atoms with E-state index in [9.17, 15) is 5.26 Å². The molecular weight excluding hydrogens is 452 g/mol. The number of nitriles is 1. The molecule has 1 N–H and O–H groups in total. The number of hydrogen-bond donors (Lipinski definition) is 1. The Morgan fingerprint density at radius 1 is 1.19 bits per heavy atom. The molecule has 1 spiro atoms. The van der Waals surface area contributed by atoms with Crippen molar-refractivity contribution in [2.45, 2.75) is 32.3 Å². The SMILES string of the molecule is Cc1cc(C#N)nn1-c1nc(-n2cnc3cc(N4CCC5(CNC5)C4)ccc32)ccc1C1CCCO1. The first-order valence-corrected chi connectivity index (χ1v) is 12.7. The van der Waals surface area contributed by atoms with Crippen LogP contribution in [-0.4, -0.2) is 57.1 Å². The van der Waals surface area contributed by atoms with E-state index in [0.717, 1.165) is 73.7 Å². The van der Waals surface area contributed by atoms with Crippen LogP contribution < -0.4 is 10.2 Å². The van der Waals surface area contributed by atoms with Gasteiger partial charge in [-0.05, 0) is 62.6 Å². The van der Waals surface area contributed by atoms with Crippen LogP contribution >= 0.6 is 0 Å². The molecule has 1 unspecified atom stereocenters. The van der Waals surface area contributed by atoms with E-state index in [0.29, 0.717) is 16.9 Å². The number of aromatic nitrogens is 5. The number of aryl methyl sites for hydroxylation is 1. The van der Waals surface area contributed by atoms with E-state index in [-0.39, 0.29) is 6.10 Å².